The highest BCUT2D eigenvalue weighted by atomic mass is 35.5. The Labute approximate surface area is 198 Å². The second-order valence-corrected chi connectivity index (χ2v) is 8.03. The van der Waals surface area contributed by atoms with E-state index in [9.17, 15) is 9.59 Å². The number of imidazole rings is 1. The molecule has 0 aliphatic carbocycles. The predicted molar refractivity (Wildman–Crippen MR) is 132 cm³/mol. The molecule has 9 nitrogen and oxygen atoms in total. The van der Waals surface area contributed by atoms with Gasteiger partial charge in [0.1, 0.15) is 5.75 Å². The SMILES string of the molecule is COc1ccc2nc(NC(=O)Cc3ccc(Cl)cc3)c(Nc3ccc4[nH]c(=O)[nH]c4c3)nc2c1. The summed E-state index contributed by atoms with van der Waals surface area (Å²) in [6.45, 7) is 0. The van der Waals surface area contributed by atoms with Crippen LogP contribution in [-0.4, -0.2) is 33.0 Å². The van der Waals surface area contributed by atoms with E-state index in [-0.39, 0.29) is 23.8 Å². The Bertz CT molecular complexity index is 1580. The van der Waals surface area contributed by atoms with Gasteiger partial charge in [0.05, 0.1) is 35.6 Å². The molecule has 2 heterocycles. The molecule has 170 valence electrons. The lowest BCUT2D eigenvalue weighted by molar-refractivity contribution is -0.115. The Morgan fingerprint density at radius 3 is 2.50 bits per heavy atom. The van der Waals surface area contributed by atoms with Crippen molar-refractivity contribution in [1.82, 2.24) is 19.9 Å². The van der Waals surface area contributed by atoms with Crippen LogP contribution in [0.25, 0.3) is 22.1 Å². The van der Waals surface area contributed by atoms with E-state index in [4.69, 9.17) is 16.3 Å². The quantitative estimate of drug-likeness (QED) is 0.289. The largest absolute Gasteiger partial charge is 0.497 e. The summed E-state index contributed by atoms with van der Waals surface area (Å²) in [6.07, 6.45) is 0.148. The number of aromatic amines is 2. The Morgan fingerprint density at radius 1 is 0.941 bits per heavy atom. The highest BCUT2D eigenvalue weighted by molar-refractivity contribution is 6.30. The van der Waals surface area contributed by atoms with Gasteiger partial charge in [0.25, 0.3) is 0 Å². The predicted octanol–water partition coefficient (Wildman–Crippen LogP) is 4.39. The van der Waals surface area contributed by atoms with Crippen LogP contribution in [0.1, 0.15) is 5.56 Å². The van der Waals surface area contributed by atoms with Crippen LogP contribution in [0.3, 0.4) is 0 Å². The molecule has 0 saturated carbocycles. The number of H-pyrrole nitrogens is 2. The summed E-state index contributed by atoms with van der Waals surface area (Å²) in [5, 5.41) is 6.65. The first-order valence-electron chi connectivity index (χ1n) is 10.4. The van der Waals surface area contributed by atoms with Crippen molar-refractivity contribution in [3.63, 3.8) is 0 Å². The van der Waals surface area contributed by atoms with E-state index in [1.807, 2.05) is 0 Å². The summed E-state index contributed by atoms with van der Waals surface area (Å²) in [4.78, 5) is 39.1. The zero-order chi connectivity index (χ0) is 23.7. The lowest BCUT2D eigenvalue weighted by atomic mass is 10.1. The molecule has 0 fully saturated rings. The number of benzene rings is 3. The van der Waals surface area contributed by atoms with Crippen LogP contribution in [0.5, 0.6) is 5.75 Å². The number of halogens is 1. The Balaban J connectivity index is 1.50. The first-order chi connectivity index (χ1) is 16.5. The van der Waals surface area contributed by atoms with Crippen LogP contribution in [0, 0.1) is 0 Å². The number of carbonyl (C=O) groups excluding carboxylic acids is 1. The Morgan fingerprint density at radius 2 is 1.71 bits per heavy atom. The van der Waals surface area contributed by atoms with E-state index in [1.54, 1.807) is 67.8 Å². The fraction of sp³-hybridized carbons (Fsp3) is 0.0833. The van der Waals surface area contributed by atoms with E-state index in [1.165, 1.54) is 0 Å². The Hall–Kier alpha value is -4.37. The van der Waals surface area contributed by atoms with Crippen LogP contribution in [0.4, 0.5) is 17.3 Å². The number of rotatable bonds is 6. The van der Waals surface area contributed by atoms with Crippen molar-refractivity contribution in [3.8, 4) is 5.75 Å². The molecule has 0 aliphatic rings. The molecule has 3 aromatic carbocycles. The van der Waals surface area contributed by atoms with Crippen molar-refractivity contribution in [2.45, 2.75) is 6.42 Å². The topological polar surface area (TPSA) is 125 Å². The molecular formula is C24H19ClN6O3. The lowest BCUT2D eigenvalue weighted by Gasteiger charge is -2.13. The fourth-order valence-electron chi connectivity index (χ4n) is 3.55. The Kier molecular flexibility index (Phi) is 5.60. The third-order valence-electron chi connectivity index (χ3n) is 5.19. The summed E-state index contributed by atoms with van der Waals surface area (Å²) < 4.78 is 5.30. The maximum atomic E-state index is 12.8. The minimum atomic E-state index is -0.292. The second-order valence-electron chi connectivity index (χ2n) is 7.59. The maximum Gasteiger partial charge on any atom is 0.323 e. The smallest absolute Gasteiger partial charge is 0.323 e. The number of nitrogens with one attached hydrogen (secondary N) is 4. The van der Waals surface area contributed by atoms with E-state index < -0.39 is 0 Å². The van der Waals surface area contributed by atoms with Gasteiger partial charge in [-0.25, -0.2) is 14.8 Å². The monoisotopic (exact) mass is 474 g/mol. The molecule has 1 amide bonds. The first kappa shape index (κ1) is 21.5. The van der Waals surface area contributed by atoms with E-state index in [0.717, 1.165) is 5.56 Å². The summed E-state index contributed by atoms with van der Waals surface area (Å²) in [5.74, 6) is 1.01. The summed E-state index contributed by atoms with van der Waals surface area (Å²) >= 11 is 5.93. The van der Waals surface area contributed by atoms with Gasteiger partial charge in [0.15, 0.2) is 11.6 Å². The molecule has 5 aromatic rings. The van der Waals surface area contributed by atoms with Gasteiger partial charge in [-0.05, 0) is 48.0 Å². The maximum absolute atomic E-state index is 12.8. The zero-order valence-corrected chi connectivity index (χ0v) is 18.7. The zero-order valence-electron chi connectivity index (χ0n) is 18.0. The van der Waals surface area contributed by atoms with Crippen molar-refractivity contribution in [3.05, 3.63) is 81.7 Å². The molecule has 0 aliphatic heterocycles. The minimum Gasteiger partial charge on any atom is -0.497 e. The summed E-state index contributed by atoms with van der Waals surface area (Å²) in [5.41, 5.74) is 3.69. The van der Waals surface area contributed by atoms with Crippen molar-refractivity contribution in [1.29, 1.82) is 0 Å². The lowest BCUT2D eigenvalue weighted by Crippen LogP contribution is -2.17. The average Bonchev–Trinajstić information content (AvgIpc) is 3.20. The molecule has 0 radical (unpaired) electrons. The number of nitrogens with zero attached hydrogens (tertiary/aromatic N) is 2. The van der Waals surface area contributed by atoms with Crippen LogP contribution in [0.2, 0.25) is 5.02 Å². The van der Waals surface area contributed by atoms with E-state index in [0.29, 0.717) is 44.3 Å². The minimum absolute atomic E-state index is 0.148. The number of carbonyl (C=O) groups is 1. The van der Waals surface area contributed by atoms with Crippen LogP contribution in [0.15, 0.2) is 65.5 Å². The number of amides is 1. The van der Waals surface area contributed by atoms with Crippen molar-refractivity contribution < 1.29 is 9.53 Å². The highest BCUT2D eigenvalue weighted by Gasteiger charge is 2.14. The molecule has 10 heteroatoms. The molecule has 0 saturated heterocycles. The second kappa shape index (κ2) is 8.87. The average molecular weight is 475 g/mol. The van der Waals surface area contributed by atoms with Crippen LogP contribution >= 0.6 is 11.6 Å². The molecule has 0 atom stereocenters. The van der Waals surface area contributed by atoms with Gasteiger partial charge < -0.3 is 25.3 Å². The number of hydrogen-bond donors (Lipinski definition) is 4. The molecule has 5 rings (SSSR count). The summed E-state index contributed by atoms with van der Waals surface area (Å²) in [6, 6.07) is 17.7. The first-order valence-corrected chi connectivity index (χ1v) is 10.7. The van der Waals surface area contributed by atoms with Gasteiger partial charge in [-0.1, -0.05) is 23.7 Å². The number of ether oxygens (including phenoxy) is 1. The van der Waals surface area contributed by atoms with Gasteiger partial charge in [0, 0.05) is 16.8 Å². The fourth-order valence-corrected chi connectivity index (χ4v) is 3.67. The third-order valence-corrected chi connectivity index (χ3v) is 5.44. The molecular weight excluding hydrogens is 456 g/mol. The molecule has 0 spiro atoms. The van der Waals surface area contributed by atoms with Gasteiger partial charge >= 0.3 is 5.69 Å². The highest BCUT2D eigenvalue weighted by Crippen LogP contribution is 2.28. The number of methoxy groups -OCH3 is 1. The van der Waals surface area contributed by atoms with Crippen molar-refractivity contribution >= 4 is 56.9 Å². The van der Waals surface area contributed by atoms with Crippen LogP contribution in [-0.2, 0) is 11.2 Å². The van der Waals surface area contributed by atoms with Gasteiger partial charge in [-0.2, -0.15) is 0 Å². The van der Waals surface area contributed by atoms with E-state index >= 15 is 0 Å². The number of aromatic nitrogens is 4. The summed E-state index contributed by atoms with van der Waals surface area (Å²) in [7, 11) is 1.58. The van der Waals surface area contributed by atoms with Gasteiger partial charge in [-0.15, -0.1) is 0 Å². The molecule has 0 unspecified atom stereocenters. The van der Waals surface area contributed by atoms with Gasteiger partial charge in [-0.3, -0.25) is 4.79 Å². The van der Waals surface area contributed by atoms with Crippen LogP contribution < -0.4 is 21.1 Å². The van der Waals surface area contributed by atoms with Crippen molar-refractivity contribution in [2.24, 2.45) is 0 Å². The van der Waals surface area contributed by atoms with Crippen molar-refractivity contribution in [2.75, 3.05) is 17.7 Å². The number of hydrogen-bond acceptors (Lipinski definition) is 6. The van der Waals surface area contributed by atoms with E-state index in [2.05, 4.69) is 30.6 Å². The molecule has 0 bridgehead atoms. The number of anilines is 3. The molecule has 34 heavy (non-hydrogen) atoms. The third kappa shape index (κ3) is 4.55. The standard InChI is InChI=1S/C24H19ClN6O3/c1-34-16-7-9-17-20(12-16)28-22(26-15-6-8-18-19(11-15)30-24(33)29-18)23(27-17)31-21(32)10-13-2-4-14(25)5-3-13/h2-9,11-12H,10H2,1H3,(H,26,28)(H,27,31,32)(H2,29,30,33). The number of fused-ring (bicyclic) bond motifs is 2. The van der Waals surface area contributed by atoms with Gasteiger partial charge in [0.2, 0.25) is 5.91 Å². The molecule has 4 N–H and O–H groups in total. The molecule has 2 aromatic heterocycles. The normalized spacial score (nSPS) is 11.0.